The Morgan fingerprint density at radius 2 is 1.00 bits per heavy atom. The van der Waals surface area contributed by atoms with Crippen molar-refractivity contribution >= 4 is 70.2 Å². The Labute approximate surface area is 298 Å². The lowest BCUT2D eigenvalue weighted by molar-refractivity contribution is 0.0592. The van der Waals surface area contributed by atoms with E-state index in [0.717, 1.165) is 36.3 Å². The van der Waals surface area contributed by atoms with Gasteiger partial charge in [-0.25, -0.2) is 14.4 Å². The molecule has 0 saturated carbocycles. The van der Waals surface area contributed by atoms with Crippen molar-refractivity contribution in [2.75, 3.05) is 14.2 Å². The van der Waals surface area contributed by atoms with Gasteiger partial charge in [0, 0.05) is 31.7 Å². The van der Waals surface area contributed by atoms with E-state index in [4.69, 9.17) is 51.5 Å². The number of hydrogen-bond donors (Lipinski definition) is 2. The average Bonchev–Trinajstić information content (AvgIpc) is 3.71. The number of ether oxygens (including phenoxy) is 2. The number of methoxy groups -OCH3 is 2. The van der Waals surface area contributed by atoms with Crippen molar-refractivity contribution in [3.63, 3.8) is 0 Å². The van der Waals surface area contributed by atoms with E-state index in [1.54, 1.807) is 4.90 Å². The molecule has 6 rings (SSSR count). The highest BCUT2D eigenvalue weighted by Crippen LogP contribution is 2.30. The van der Waals surface area contributed by atoms with Crippen LogP contribution in [0.2, 0.25) is 20.1 Å². The summed E-state index contributed by atoms with van der Waals surface area (Å²) < 4.78 is 9.08. The second kappa shape index (κ2) is 17.3. The third-order valence-corrected chi connectivity index (χ3v) is 8.43. The van der Waals surface area contributed by atoms with Crippen LogP contribution in [0, 0.1) is 0 Å². The Hall–Kier alpha value is -4.12. The molecule has 252 valence electrons. The summed E-state index contributed by atoms with van der Waals surface area (Å²) in [5.74, 6) is -2.69. The first-order valence-electron chi connectivity index (χ1n) is 14.0. The van der Waals surface area contributed by atoms with E-state index in [9.17, 15) is 19.2 Å². The predicted molar refractivity (Wildman–Crippen MR) is 186 cm³/mol. The summed E-state index contributed by atoms with van der Waals surface area (Å²) in [6.07, 6.45) is 0. The van der Waals surface area contributed by atoms with Crippen molar-refractivity contribution in [1.82, 2.24) is 10.2 Å². The third-order valence-electron chi connectivity index (χ3n) is 7.23. The van der Waals surface area contributed by atoms with Gasteiger partial charge in [0.25, 0.3) is 5.91 Å². The van der Waals surface area contributed by atoms with Crippen molar-refractivity contribution in [3.8, 4) is 0 Å². The minimum Gasteiger partial charge on any atom is -0.478 e. The second-order valence-corrected chi connectivity index (χ2v) is 11.8. The molecule has 0 bridgehead atoms. The molecule has 2 aliphatic heterocycles. The van der Waals surface area contributed by atoms with E-state index < -0.39 is 17.9 Å². The van der Waals surface area contributed by atoms with E-state index in [1.165, 1.54) is 37.5 Å². The van der Waals surface area contributed by atoms with Crippen LogP contribution in [-0.4, -0.2) is 48.0 Å². The minimum atomic E-state index is -1.17. The number of nitrogens with one attached hydrogen (secondary N) is 1. The molecule has 0 spiro atoms. The maximum absolute atomic E-state index is 12.7. The monoisotopic (exact) mass is 732 g/mol. The van der Waals surface area contributed by atoms with E-state index in [2.05, 4.69) is 39.1 Å². The smallest absolute Gasteiger partial charge is 0.340 e. The van der Waals surface area contributed by atoms with Crippen LogP contribution in [-0.2, 0) is 35.7 Å². The summed E-state index contributed by atoms with van der Waals surface area (Å²) >= 11 is 23.6. The SMILES string of the molecule is C.COC(=O)c1c(Cl)cc(C(=O)N2Cc3ccccc3C2)cc1Cl.COC(=O)c1c(Cl)cc(C(=O)O)cc1Cl.c1ccc2c(c1)CNC2. The van der Waals surface area contributed by atoms with Gasteiger partial charge in [-0.15, -0.1) is 0 Å². The highest BCUT2D eigenvalue weighted by molar-refractivity contribution is 6.40. The van der Waals surface area contributed by atoms with Crippen molar-refractivity contribution < 1.29 is 33.8 Å². The van der Waals surface area contributed by atoms with Gasteiger partial charge < -0.3 is 24.8 Å². The molecule has 2 aliphatic rings. The molecule has 13 heteroatoms. The number of carbonyl (C=O) groups is 4. The van der Waals surface area contributed by atoms with Crippen LogP contribution in [0.5, 0.6) is 0 Å². The van der Waals surface area contributed by atoms with Crippen LogP contribution < -0.4 is 5.32 Å². The molecule has 0 fully saturated rings. The molecule has 1 amide bonds. The van der Waals surface area contributed by atoms with E-state index in [0.29, 0.717) is 18.7 Å². The lowest BCUT2D eigenvalue weighted by atomic mass is 10.1. The third kappa shape index (κ3) is 9.06. The molecule has 9 nitrogen and oxygen atoms in total. The van der Waals surface area contributed by atoms with Gasteiger partial charge in [0.05, 0.1) is 51.0 Å². The maximum atomic E-state index is 12.7. The van der Waals surface area contributed by atoms with Gasteiger partial charge in [0.2, 0.25) is 0 Å². The maximum Gasteiger partial charge on any atom is 0.340 e. The zero-order valence-corrected chi connectivity index (χ0v) is 28.1. The molecule has 0 atom stereocenters. The van der Waals surface area contributed by atoms with Gasteiger partial charge in [-0.1, -0.05) is 102 Å². The molecule has 0 saturated heterocycles. The molecule has 2 N–H and O–H groups in total. The molecule has 48 heavy (non-hydrogen) atoms. The van der Waals surface area contributed by atoms with Gasteiger partial charge in [-0.05, 0) is 46.5 Å². The van der Waals surface area contributed by atoms with Crippen molar-refractivity contribution in [2.24, 2.45) is 0 Å². The Balaban J connectivity index is 0.000000214. The quantitative estimate of drug-likeness (QED) is 0.201. The summed E-state index contributed by atoms with van der Waals surface area (Å²) in [6, 6.07) is 21.6. The minimum absolute atomic E-state index is 0. The molecular formula is C35H32Cl4N2O7. The largest absolute Gasteiger partial charge is 0.478 e. The molecule has 4 aromatic carbocycles. The number of hydrogen-bond acceptors (Lipinski definition) is 7. The average molecular weight is 734 g/mol. The molecular weight excluding hydrogens is 702 g/mol. The van der Waals surface area contributed by atoms with Crippen molar-refractivity contribution in [3.05, 3.63) is 137 Å². The number of halogens is 4. The highest BCUT2D eigenvalue weighted by Gasteiger charge is 2.26. The number of nitrogens with zero attached hydrogens (tertiary/aromatic N) is 1. The Morgan fingerprint density at radius 3 is 1.35 bits per heavy atom. The van der Waals surface area contributed by atoms with E-state index in [-0.39, 0.29) is 50.1 Å². The fourth-order valence-electron chi connectivity index (χ4n) is 4.88. The van der Waals surface area contributed by atoms with Crippen LogP contribution >= 0.6 is 46.4 Å². The first-order valence-corrected chi connectivity index (χ1v) is 15.5. The van der Waals surface area contributed by atoms with Gasteiger partial charge in [-0.2, -0.15) is 0 Å². The topological polar surface area (TPSA) is 122 Å². The fourth-order valence-corrected chi connectivity index (χ4v) is 6.16. The summed E-state index contributed by atoms with van der Waals surface area (Å²) in [4.78, 5) is 47.9. The fraction of sp³-hybridized carbons (Fsp3) is 0.200. The first-order chi connectivity index (χ1) is 22.4. The lowest BCUT2D eigenvalue weighted by Crippen LogP contribution is -2.25. The Bertz CT molecular complexity index is 1750. The van der Waals surface area contributed by atoms with Crippen LogP contribution in [0.15, 0.2) is 72.8 Å². The number of rotatable bonds is 4. The first kappa shape index (κ1) is 38.3. The predicted octanol–water partition coefficient (Wildman–Crippen LogP) is 8.34. The van der Waals surface area contributed by atoms with Crippen LogP contribution in [0.3, 0.4) is 0 Å². The number of amides is 1. The van der Waals surface area contributed by atoms with Crippen LogP contribution in [0.4, 0.5) is 0 Å². The molecule has 2 heterocycles. The summed E-state index contributed by atoms with van der Waals surface area (Å²) in [7, 11) is 2.43. The molecule has 0 aliphatic carbocycles. The highest BCUT2D eigenvalue weighted by atomic mass is 35.5. The molecule has 4 aromatic rings. The standard InChI is InChI=1S/C17H13Cl2NO3.C9H6Cl2O4.C8H9N.CH4/c1-23-17(22)15-13(18)6-12(7-14(15)19)16(21)20-8-10-4-2-3-5-11(10)9-20;1-15-9(14)7-5(10)2-4(8(12)13)3-6(7)11;1-2-4-8-6-9-5-7(8)3-1;/h2-7H,8-9H2,1H3;2-3H,1H3,(H,12,13);1-4,9H,5-6H2;1H4. The number of esters is 2. The van der Waals surface area contributed by atoms with Gasteiger partial charge >= 0.3 is 17.9 Å². The number of carboxylic acid groups (broad SMARTS) is 1. The second-order valence-electron chi connectivity index (χ2n) is 10.2. The Kier molecular flexibility index (Phi) is 13.8. The van der Waals surface area contributed by atoms with Crippen molar-refractivity contribution in [1.29, 1.82) is 0 Å². The summed E-state index contributed by atoms with van der Waals surface area (Å²) in [5, 5.41) is 12.1. The Morgan fingerprint density at radius 1 is 0.646 bits per heavy atom. The number of carbonyl (C=O) groups excluding carboxylic acids is 3. The van der Waals surface area contributed by atoms with Gasteiger partial charge in [0.1, 0.15) is 0 Å². The zero-order valence-electron chi connectivity index (χ0n) is 25.1. The number of fused-ring (bicyclic) bond motifs is 2. The number of benzene rings is 4. The lowest BCUT2D eigenvalue weighted by Gasteiger charge is -2.16. The molecule has 0 aromatic heterocycles. The van der Waals surface area contributed by atoms with Crippen LogP contribution in [0.1, 0.15) is 71.1 Å². The summed E-state index contributed by atoms with van der Waals surface area (Å²) in [5.41, 5.74) is 5.46. The van der Waals surface area contributed by atoms with Crippen LogP contribution in [0.25, 0.3) is 0 Å². The summed E-state index contributed by atoms with van der Waals surface area (Å²) in [6.45, 7) is 3.19. The van der Waals surface area contributed by atoms with Gasteiger partial charge in [-0.3, -0.25) is 4.79 Å². The number of aromatic carboxylic acids is 1. The number of carboxylic acids is 1. The molecule has 0 unspecified atom stereocenters. The van der Waals surface area contributed by atoms with E-state index in [1.807, 2.05) is 24.3 Å². The van der Waals surface area contributed by atoms with Gasteiger partial charge in [0.15, 0.2) is 0 Å². The normalized spacial score (nSPS) is 12.2. The molecule has 0 radical (unpaired) electrons. The van der Waals surface area contributed by atoms with Crippen molar-refractivity contribution in [2.45, 2.75) is 33.6 Å². The zero-order chi connectivity index (χ0) is 34.2. The van der Waals surface area contributed by atoms with E-state index >= 15 is 0 Å².